The van der Waals surface area contributed by atoms with E-state index in [9.17, 15) is 4.39 Å². The average Bonchev–Trinajstić information content (AvgIpc) is 2.78. The van der Waals surface area contributed by atoms with Crippen LogP contribution >= 0.6 is 0 Å². The largest absolute Gasteiger partial charge is 0.366 e. The minimum atomic E-state index is -0.246. The Hall–Kier alpha value is -3.80. The summed E-state index contributed by atoms with van der Waals surface area (Å²) in [6.45, 7) is 1.11. The van der Waals surface area contributed by atoms with Gasteiger partial charge in [0.15, 0.2) is 0 Å². The minimum Gasteiger partial charge on any atom is -0.366 e. The molecule has 0 bridgehead atoms. The highest BCUT2D eigenvalue weighted by molar-refractivity contribution is 5.64. The molecule has 144 valence electrons. The van der Waals surface area contributed by atoms with Crippen LogP contribution in [0.2, 0.25) is 0 Å². The van der Waals surface area contributed by atoms with Gasteiger partial charge in [0.2, 0.25) is 5.95 Å². The number of halogens is 1. The van der Waals surface area contributed by atoms with Crippen LogP contribution in [-0.2, 0) is 13.1 Å². The normalized spacial score (nSPS) is 10.5. The molecule has 0 saturated heterocycles. The predicted octanol–water partition coefficient (Wildman–Crippen LogP) is 4.90. The van der Waals surface area contributed by atoms with Crippen molar-refractivity contribution in [3.8, 4) is 11.3 Å². The van der Waals surface area contributed by atoms with Crippen LogP contribution in [-0.4, -0.2) is 15.0 Å². The number of rotatable bonds is 7. The van der Waals surface area contributed by atoms with Gasteiger partial charge >= 0.3 is 0 Å². The summed E-state index contributed by atoms with van der Waals surface area (Å²) in [7, 11) is 0. The molecular weight excluding hydrogens is 365 g/mol. The van der Waals surface area contributed by atoms with E-state index in [-0.39, 0.29) is 5.82 Å². The molecule has 0 fully saturated rings. The molecule has 2 aromatic heterocycles. The maximum atomic E-state index is 13.1. The van der Waals surface area contributed by atoms with Crippen molar-refractivity contribution in [1.29, 1.82) is 0 Å². The Bertz CT molecular complexity index is 1050. The molecular formula is C23H20FN5. The second kappa shape index (κ2) is 8.93. The van der Waals surface area contributed by atoms with Crippen LogP contribution in [0.4, 0.5) is 16.2 Å². The van der Waals surface area contributed by atoms with Crippen molar-refractivity contribution in [2.45, 2.75) is 13.1 Å². The molecule has 0 amide bonds. The van der Waals surface area contributed by atoms with E-state index >= 15 is 0 Å². The molecule has 2 N–H and O–H groups in total. The maximum Gasteiger partial charge on any atom is 0.225 e. The van der Waals surface area contributed by atoms with Crippen molar-refractivity contribution >= 4 is 11.8 Å². The zero-order valence-electron chi connectivity index (χ0n) is 15.7. The lowest BCUT2D eigenvalue weighted by Gasteiger charge is -2.12. The molecule has 0 unspecified atom stereocenters. The Kier molecular flexibility index (Phi) is 5.71. The van der Waals surface area contributed by atoms with E-state index in [0.717, 1.165) is 22.4 Å². The number of nitrogens with one attached hydrogen (secondary N) is 2. The van der Waals surface area contributed by atoms with Crippen molar-refractivity contribution < 1.29 is 4.39 Å². The summed E-state index contributed by atoms with van der Waals surface area (Å²) < 4.78 is 13.1. The number of nitrogens with zero attached hydrogens (tertiary/aromatic N) is 3. The van der Waals surface area contributed by atoms with Gasteiger partial charge in [-0.25, -0.2) is 9.37 Å². The quantitative estimate of drug-likeness (QED) is 0.474. The summed E-state index contributed by atoms with van der Waals surface area (Å²) in [6.07, 6.45) is 3.55. The highest BCUT2D eigenvalue weighted by Gasteiger charge is 2.07. The van der Waals surface area contributed by atoms with E-state index < -0.39 is 0 Å². The zero-order chi connectivity index (χ0) is 19.9. The minimum absolute atomic E-state index is 0.246. The first-order valence-corrected chi connectivity index (χ1v) is 9.32. The van der Waals surface area contributed by atoms with Gasteiger partial charge in [0.05, 0.1) is 5.69 Å². The number of hydrogen-bond donors (Lipinski definition) is 2. The van der Waals surface area contributed by atoms with Gasteiger partial charge in [0, 0.05) is 37.1 Å². The van der Waals surface area contributed by atoms with Gasteiger partial charge in [-0.15, -0.1) is 0 Å². The van der Waals surface area contributed by atoms with E-state index in [1.54, 1.807) is 18.3 Å². The highest BCUT2D eigenvalue weighted by Crippen LogP contribution is 2.22. The molecule has 6 heteroatoms. The second-order valence-electron chi connectivity index (χ2n) is 6.52. The van der Waals surface area contributed by atoms with Crippen LogP contribution in [0.1, 0.15) is 11.1 Å². The maximum absolute atomic E-state index is 13.1. The highest BCUT2D eigenvalue weighted by atomic mass is 19.1. The second-order valence-corrected chi connectivity index (χ2v) is 6.52. The Labute approximate surface area is 168 Å². The molecule has 0 spiro atoms. The van der Waals surface area contributed by atoms with Crippen LogP contribution in [0.25, 0.3) is 11.3 Å². The number of hydrogen-bond acceptors (Lipinski definition) is 5. The third kappa shape index (κ3) is 5.13. The third-order valence-electron chi connectivity index (χ3n) is 4.36. The van der Waals surface area contributed by atoms with Gasteiger partial charge in [0.25, 0.3) is 0 Å². The fourth-order valence-corrected chi connectivity index (χ4v) is 2.85. The van der Waals surface area contributed by atoms with E-state index in [0.29, 0.717) is 24.9 Å². The fraction of sp³-hybridized carbons (Fsp3) is 0.0870. The van der Waals surface area contributed by atoms with Crippen molar-refractivity contribution in [1.82, 2.24) is 15.0 Å². The summed E-state index contributed by atoms with van der Waals surface area (Å²) in [5, 5.41) is 6.57. The van der Waals surface area contributed by atoms with Crippen LogP contribution in [0.5, 0.6) is 0 Å². The Morgan fingerprint density at radius 3 is 2.31 bits per heavy atom. The van der Waals surface area contributed by atoms with E-state index in [1.165, 1.54) is 12.1 Å². The molecule has 0 aliphatic heterocycles. The predicted molar refractivity (Wildman–Crippen MR) is 113 cm³/mol. The Morgan fingerprint density at radius 2 is 1.55 bits per heavy atom. The summed E-state index contributed by atoms with van der Waals surface area (Å²) in [5.41, 5.74) is 3.83. The summed E-state index contributed by atoms with van der Waals surface area (Å²) in [5.74, 6) is 0.970. The van der Waals surface area contributed by atoms with Gasteiger partial charge in [0.1, 0.15) is 11.6 Å². The lowest BCUT2D eigenvalue weighted by atomic mass is 10.1. The first kappa shape index (κ1) is 18.6. The molecule has 0 aliphatic rings. The Balaban J connectivity index is 1.56. The molecule has 2 heterocycles. The SMILES string of the molecule is Fc1ccc(CNc2cc(-c3ccccc3)nc(NCc3cccnc3)n2)cc1. The van der Waals surface area contributed by atoms with Gasteiger partial charge in [-0.05, 0) is 29.3 Å². The van der Waals surface area contributed by atoms with E-state index in [1.807, 2.05) is 54.7 Å². The smallest absolute Gasteiger partial charge is 0.225 e. The van der Waals surface area contributed by atoms with Crippen LogP contribution in [0.3, 0.4) is 0 Å². The molecule has 29 heavy (non-hydrogen) atoms. The average molecular weight is 385 g/mol. The fourth-order valence-electron chi connectivity index (χ4n) is 2.85. The summed E-state index contributed by atoms with van der Waals surface area (Å²) in [6, 6.07) is 22.2. The lowest BCUT2D eigenvalue weighted by Crippen LogP contribution is -2.08. The topological polar surface area (TPSA) is 62.7 Å². The van der Waals surface area contributed by atoms with Crippen molar-refractivity contribution in [3.63, 3.8) is 0 Å². The molecule has 2 aromatic carbocycles. The standard InChI is InChI=1S/C23H20FN5/c24-20-10-8-17(9-11-20)15-26-22-13-21(19-6-2-1-3-7-19)28-23(29-22)27-16-18-5-4-12-25-14-18/h1-14H,15-16H2,(H2,26,27,28,29). The van der Waals surface area contributed by atoms with Gasteiger partial charge < -0.3 is 10.6 Å². The van der Waals surface area contributed by atoms with Gasteiger partial charge in [-0.3, -0.25) is 4.98 Å². The van der Waals surface area contributed by atoms with Crippen LogP contribution in [0, 0.1) is 5.82 Å². The van der Waals surface area contributed by atoms with Crippen LogP contribution in [0.15, 0.2) is 85.2 Å². The molecule has 4 aromatic rings. The summed E-state index contributed by atoms with van der Waals surface area (Å²) >= 11 is 0. The number of anilines is 2. The van der Waals surface area contributed by atoms with Crippen molar-refractivity contribution in [2.24, 2.45) is 0 Å². The molecule has 0 atom stereocenters. The molecule has 0 radical (unpaired) electrons. The molecule has 4 rings (SSSR count). The molecule has 0 aliphatic carbocycles. The van der Waals surface area contributed by atoms with Gasteiger partial charge in [-0.2, -0.15) is 4.98 Å². The monoisotopic (exact) mass is 385 g/mol. The first-order valence-electron chi connectivity index (χ1n) is 9.32. The van der Waals surface area contributed by atoms with Crippen molar-refractivity contribution in [2.75, 3.05) is 10.6 Å². The van der Waals surface area contributed by atoms with Crippen LogP contribution < -0.4 is 10.6 Å². The van der Waals surface area contributed by atoms with Crippen molar-refractivity contribution in [3.05, 3.63) is 102 Å². The Morgan fingerprint density at radius 1 is 0.759 bits per heavy atom. The summed E-state index contributed by atoms with van der Waals surface area (Å²) in [4.78, 5) is 13.4. The number of aromatic nitrogens is 3. The number of pyridine rings is 1. The number of benzene rings is 2. The lowest BCUT2D eigenvalue weighted by molar-refractivity contribution is 0.627. The zero-order valence-corrected chi connectivity index (χ0v) is 15.7. The molecule has 0 saturated carbocycles. The van der Waals surface area contributed by atoms with Gasteiger partial charge in [-0.1, -0.05) is 48.5 Å². The van der Waals surface area contributed by atoms with E-state index in [2.05, 4.69) is 25.6 Å². The first-order chi connectivity index (χ1) is 14.3. The third-order valence-corrected chi connectivity index (χ3v) is 4.36. The van der Waals surface area contributed by atoms with E-state index in [4.69, 9.17) is 0 Å². The molecule has 5 nitrogen and oxygen atoms in total.